The number of hydrogen-bond acceptors (Lipinski definition) is 3. The van der Waals surface area contributed by atoms with Crippen LogP contribution in [-0.4, -0.2) is 15.6 Å². The van der Waals surface area contributed by atoms with Gasteiger partial charge in [-0.05, 0) is 52.0 Å². The molecule has 0 atom stereocenters. The van der Waals surface area contributed by atoms with E-state index < -0.39 is 0 Å². The number of amidine groups is 1. The molecular formula is C19H14BrN3OS. The number of nitrogens with one attached hydrogen (secondary N) is 1. The second-order valence-corrected chi connectivity index (χ2v) is 7.53. The quantitative estimate of drug-likeness (QED) is 0.613. The number of halogens is 1. The Morgan fingerprint density at radius 3 is 2.76 bits per heavy atom. The minimum absolute atomic E-state index is 0.122. The minimum atomic E-state index is -0.122. The number of carbonyl (C=O) groups excluding carboxylic acids is 1. The van der Waals surface area contributed by atoms with Gasteiger partial charge in [-0.1, -0.05) is 30.3 Å². The largest absolute Gasteiger partial charge is 0.350 e. The van der Waals surface area contributed by atoms with Gasteiger partial charge in [-0.15, -0.1) is 0 Å². The molecule has 1 N–H and O–H groups in total. The van der Waals surface area contributed by atoms with E-state index in [0.717, 1.165) is 26.6 Å². The summed E-state index contributed by atoms with van der Waals surface area (Å²) in [6.45, 7) is 0. The third-order valence-electron chi connectivity index (χ3n) is 3.94. The molecule has 0 saturated carbocycles. The summed E-state index contributed by atoms with van der Waals surface area (Å²) < 4.78 is 2.96. The normalized spacial score (nSPS) is 17.6. The molecule has 2 aromatic carbocycles. The van der Waals surface area contributed by atoms with E-state index in [2.05, 4.69) is 42.9 Å². The van der Waals surface area contributed by atoms with Gasteiger partial charge in [0.05, 0.1) is 10.6 Å². The number of benzene rings is 2. The van der Waals surface area contributed by atoms with Crippen LogP contribution in [0.25, 0.3) is 17.0 Å². The molecule has 1 fully saturated rings. The molecule has 1 aromatic heterocycles. The van der Waals surface area contributed by atoms with Crippen molar-refractivity contribution in [1.29, 1.82) is 0 Å². The SMILES string of the molecule is Cn1cc(/C=C2\SC(=Nc3ccccc3Br)NC2=O)c2ccccc21. The highest BCUT2D eigenvalue weighted by Crippen LogP contribution is 2.32. The number of thioether (sulfide) groups is 1. The van der Waals surface area contributed by atoms with Gasteiger partial charge in [0.2, 0.25) is 0 Å². The van der Waals surface area contributed by atoms with Crippen LogP contribution >= 0.6 is 27.7 Å². The first-order chi connectivity index (χ1) is 12.1. The van der Waals surface area contributed by atoms with Crippen LogP contribution in [0.5, 0.6) is 0 Å². The molecule has 0 unspecified atom stereocenters. The van der Waals surface area contributed by atoms with Gasteiger partial charge in [-0.2, -0.15) is 0 Å². The third kappa shape index (κ3) is 3.15. The standard InChI is InChI=1S/C19H14BrN3OS/c1-23-11-12(13-6-2-5-9-16(13)23)10-17-18(24)22-19(25-17)21-15-8-4-3-7-14(15)20/h2-11H,1H3,(H,21,22,24)/b17-10-. The number of hydrogen-bond donors (Lipinski definition) is 1. The Labute approximate surface area is 157 Å². The first-order valence-corrected chi connectivity index (χ1v) is 9.31. The first kappa shape index (κ1) is 16.2. The van der Waals surface area contributed by atoms with Gasteiger partial charge in [-0.3, -0.25) is 4.79 Å². The average Bonchev–Trinajstić information content (AvgIpc) is 3.11. The van der Waals surface area contributed by atoms with E-state index in [9.17, 15) is 4.79 Å². The number of aromatic nitrogens is 1. The molecule has 0 bridgehead atoms. The van der Waals surface area contributed by atoms with Crippen LogP contribution in [0.4, 0.5) is 5.69 Å². The number of para-hydroxylation sites is 2. The Hall–Kier alpha value is -2.31. The zero-order valence-corrected chi connectivity index (χ0v) is 15.8. The van der Waals surface area contributed by atoms with Crippen LogP contribution in [-0.2, 0) is 11.8 Å². The number of aliphatic imine (C=N–C) groups is 1. The van der Waals surface area contributed by atoms with Crippen molar-refractivity contribution in [1.82, 2.24) is 9.88 Å². The van der Waals surface area contributed by atoms with Crippen LogP contribution in [0.2, 0.25) is 0 Å². The molecule has 4 rings (SSSR count). The maximum Gasteiger partial charge on any atom is 0.264 e. The lowest BCUT2D eigenvalue weighted by Gasteiger charge is -1.98. The molecule has 1 amide bonds. The number of fused-ring (bicyclic) bond motifs is 1. The molecule has 0 radical (unpaired) electrons. The summed E-state index contributed by atoms with van der Waals surface area (Å²) in [5.41, 5.74) is 2.95. The molecular weight excluding hydrogens is 398 g/mol. The predicted molar refractivity (Wildman–Crippen MR) is 108 cm³/mol. The number of carbonyl (C=O) groups is 1. The van der Waals surface area contributed by atoms with E-state index in [1.165, 1.54) is 11.8 Å². The van der Waals surface area contributed by atoms with E-state index >= 15 is 0 Å². The van der Waals surface area contributed by atoms with E-state index in [1.807, 2.05) is 55.7 Å². The van der Waals surface area contributed by atoms with Crippen LogP contribution < -0.4 is 5.32 Å². The Bertz CT molecular complexity index is 1050. The molecule has 1 aliphatic heterocycles. The molecule has 4 nitrogen and oxygen atoms in total. The molecule has 25 heavy (non-hydrogen) atoms. The number of amides is 1. The molecule has 3 aromatic rings. The smallest absolute Gasteiger partial charge is 0.264 e. The van der Waals surface area contributed by atoms with Crippen molar-refractivity contribution in [3.63, 3.8) is 0 Å². The van der Waals surface area contributed by atoms with Gasteiger partial charge in [-0.25, -0.2) is 4.99 Å². The van der Waals surface area contributed by atoms with Crippen molar-refractivity contribution in [3.05, 3.63) is 69.7 Å². The second kappa shape index (κ2) is 6.54. The van der Waals surface area contributed by atoms with Gasteiger partial charge >= 0.3 is 0 Å². The summed E-state index contributed by atoms with van der Waals surface area (Å²) in [5, 5.41) is 4.55. The Morgan fingerprint density at radius 1 is 1.16 bits per heavy atom. The van der Waals surface area contributed by atoms with Crippen LogP contribution in [0.15, 0.2) is 69.1 Å². The number of aryl methyl sites for hydroxylation is 1. The average molecular weight is 412 g/mol. The highest BCUT2D eigenvalue weighted by atomic mass is 79.9. The fourth-order valence-corrected chi connectivity index (χ4v) is 3.96. The molecule has 1 aliphatic rings. The van der Waals surface area contributed by atoms with Crippen molar-refractivity contribution in [2.45, 2.75) is 0 Å². The lowest BCUT2D eigenvalue weighted by atomic mass is 10.1. The molecule has 0 spiro atoms. The van der Waals surface area contributed by atoms with Gasteiger partial charge in [0.1, 0.15) is 0 Å². The summed E-state index contributed by atoms with van der Waals surface area (Å²) in [6.07, 6.45) is 3.96. The number of rotatable bonds is 2. The van der Waals surface area contributed by atoms with Crippen molar-refractivity contribution in [2.24, 2.45) is 12.0 Å². The summed E-state index contributed by atoms with van der Waals surface area (Å²) in [7, 11) is 2.01. The fraction of sp³-hybridized carbons (Fsp3) is 0.0526. The Balaban J connectivity index is 1.69. The molecule has 1 saturated heterocycles. The molecule has 0 aliphatic carbocycles. The van der Waals surface area contributed by atoms with Crippen molar-refractivity contribution in [2.75, 3.05) is 0 Å². The minimum Gasteiger partial charge on any atom is -0.350 e. The van der Waals surface area contributed by atoms with Crippen LogP contribution in [0.3, 0.4) is 0 Å². The van der Waals surface area contributed by atoms with Gasteiger partial charge in [0.25, 0.3) is 5.91 Å². The predicted octanol–water partition coefficient (Wildman–Crippen LogP) is 4.83. The molecule has 6 heteroatoms. The van der Waals surface area contributed by atoms with E-state index in [0.29, 0.717) is 10.1 Å². The molecule has 124 valence electrons. The summed E-state index contributed by atoms with van der Waals surface area (Å²) >= 11 is 4.83. The lowest BCUT2D eigenvalue weighted by Crippen LogP contribution is -2.19. The highest BCUT2D eigenvalue weighted by Gasteiger charge is 2.24. The summed E-state index contributed by atoms with van der Waals surface area (Å²) in [4.78, 5) is 17.5. The second-order valence-electron chi connectivity index (χ2n) is 5.65. The van der Waals surface area contributed by atoms with Crippen molar-refractivity contribution < 1.29 is 4.79 Å². The fourth-order valence-electron chi connectivity index (χ4n) is 2.76. The third-order valence-corrected chi connectivity index (χ3v) is 5.52. The topological polar surface area (TPSA) is 46.4 Å². The van der Waals surface area contributed by atoms with Gasteiger partial charge in [0, 0.05) is 34.2 Å². The maximum atomic E-state index is 12.3. The van der Waals surface area contributed by atoms with Crippen molar-refractivity contribution in [3.8, 4) is 0 Å². The van der Waals surface area contributed by atoms with Crippen LogP contribution in [0, 0.1) is 0 Å². The van der Waals surface area contributed by atoms with Gasteiger partial charge < -0.3 is 9.88 Å². The Kier molecular flexibility index (Phi) is 4.23. The van der Waals surface area contributed by atoms with E-state index in [-0.39, 0.29) is 5.91 Å². The van der Waals surface area contributed by atoms with E-state index in [4.69, 9.17) is 0 Å². The Morgan fingerprint density at radius 2 is 1.92 bits per heavy atom. The van der Waals surface area contributed by atoms with Crippen LogP contribution in [0.1, 0.15) is 5.56 Å². The molecule has 2 heterocycles. The van der Waals surface area contributed by atoms with Crippen molar-refractivity contribution >= 4 is 61.4 Å². The van der Waals surface area contributed by atoms with E-state index in [1.54, 1.807) is 0 Å². The zero-order chi connectivity index (χ0) is 17.4. The summed E-state index contributed by atoms with van der Waals surface area (Å²) in [5.74, 6) is -0.122. The van der Waals surface area contributed by atoms with Gasteiger partial charge in [0.15, 0.2) is 5.17 Å². The maximum absolute atomic E-state index is 12.3. The highest BCUT2D eigenvalue weighted by molar-refractivity contribution is 9.10. The first-order valence-electron chi connectivity index (χ1n) is 7.70. The lowest BCUT2D eigenvalue weighted by molar-refractivity contribution is -0.115. The summed E-state index contributed by atoms with van der Waals surface area (Å²) in [6, 6.07) is 15.8. The number of nitrogens with zero attached hydrogens (tertiary/aromatic N) is 2. The monoisotopic (exact) mass is 411 g/mol. The zero-order valence-electron chi connectivity index (χ0n) is 13.4.